The number of rotatable bonds is 5. The van der Waals surface area contributed by atoms with Crippen LogP contribution < -0.4 is 5.32 Å². The number of carbonyl (C=O) groups excluding carboxylic acids is 1. The molecule has 1 amide bonds. The van der Waals surface area contributed by atoms with Gasteiger partial charge in [-0.15, -0.1) is 11.3 Å². The van der Waals surface area contributed by atoms with Crippen molar-refractivity contribution in [1.29, 1.82) is 0 Å². The zero-order valence-electron chi connectivity index (χ0n) is 14.9. The van der Waals surface area contributed by atoms with Crippen LogP contribution in [0.4, 0.5) is 5.69 Å². The first-order chi connectivity index (χ1) is 12.9. The first-order valence-corrected chi connectivity index (χ1v) is 11.2. The lowest BCUT2D eigenvalue weighted by Gasteiger charge is -2.21. The summed E-state index contributed by atoms with van der Waals surface area (Å²) in [7, 11) is -3.64. The minimum atomic E-state index is -3.64. The van der Waals surface area contributed by atoms with Crippen LogP contribution in [-0.2, 0) is 21.4 Å². The number of thiazole rings is 1. The molecule has 0 spiro atoms. The van der Waals surface area contributed by atoms with Gasteiger partial charge in [-0.3, -0.25) is 9.69 Å². The fourth-order valence-corrected chi connectivity index (χ4v) is 5.41. The molecule has 0 bridgehead atoms. The predicted molar refractivity (Wildman–Crippen MR) is 107 cm³/mol. The summed E-state index contributed by atoms with van der Waals surface area (Å²) in [6, 6.07) is 4.38. The molecule has 0 aliphatic carbocycles. The van der Waals surface area contributed by atoms with Crippen LogP contribution >= 0.6 is 22.9 Å². The average molecular weight is 429 g/mol. The molecule has 1 N–H and O–H groups in total. The molecule has 1 aromatic heterocycles. The standard InChI is InChI=1S/C17H21ClN4O3S2/c1-13(23)20-16-4-3-14(11-15(16)18)27(24,25)22-7-2-6-21(8-9-22)12-17-19-5-10-26-17/h3-5,10-11H,2,6-9,12H2,1H3,(H,20,23). The quantitative estimate of drug-likeness (QED) is 0.791. The van der Waals surface area contributed by atoms with E-state index in [0.29, 0.717) is 25.3 Å². The zero-order valence-corrected chi connectivity index (χ0v) is 17.3. The van der Waals surface area contributed by atoms with Crippen LogP contribution in [0.25, 0.3) is 0 Å². The molecule has 2 heterocycles. The van der Waals surface area contributed by atoms with Crippen LogP contribution in [-0.4, -0.2) is 54.7 Å². The Balaban J connectivity index is 1.71. The molecule has 10 heteroatoms. The van der Waals surface area contributed by atoms with Crippen molar-refractivity contribution in [3.05, 3.63) is 39.8 Å². The molecule has 0 unspecified atom stereocenters. The van der Waals surface area contributed by atoms with E-state index in [2.05, 4.69) is 15.2 Å². The highest BCUT2D eigenvalue weighted by Gasteiger charge is 2.27. The summed E-state index contributed by atoms with van der Waals surface area (Å²) in [5.74, 6) is -0.264. The second-order valence-electron chi connectivity index (χ2n) is 6.28. The summed E-state index contributed by atoms with van der Waals surface area (Å²) in [6.45, 7) is 4.46. The Bertz CT molecular complexity index is 903. The third-order valence-corrected chi connectivity index (χ3v) is 7.25. The number of anilines is 1. The van der Waals surface area contributed by atoms with Crippen molar-refractivity contribution in [1.82, 2.24) is 14.2 Å². The van der Waals surface area contributed by atoms with Gasteiger partial charge in [-0.2, -0.15) is 4.31 Å². The van der Waals surface area contributed by atoms with Gasteiger partial charge in [0.25, 0.3) is 0 Å². The summed E-state index contributed by atoms with van der Waals surface area (Å²) < 4.78 is 27.5. The van der Waals surface area contributed by atoms with E-state index in [0.717, 1.165) is 24.5 Å². The monoisotopic (exact) mass is 428 g/mol. The molecule has 27 heavy (non-hydrogen) atoms. The van der Waals surface area contributed by atoms with Crippen molar-refractivity contribution in [3.8, 4) is 0 Å². The molecule has 0 atom stereocenters. The Morgan fingerprint density at radius 3 is 2.78 bits per heavy atom. The fourth-order valence-electron chi connectivity index (χ4n) is 2.96. The van der Waals surface area contributed by atoms with Gasteiger partial charge in [0.1, 0.15) is 5.01 Å². The topological polar surface area (TPSA) is 82.6 Å². The molecule has 1 saturated heterocycles. The van der Waals surface area contributed by atoms with Gasteiger partial charge in [-0.05, 0) is 31.2 Å². The minimum absolute atomic E-state index is 0.134. The van der Waals surface area contributed by atoms with Crippen LogP contribution in [0.1, 0.15) is 18.4 Å². The number of carbonyl (C=O) groups is 1. The van der Waals surface area contributed by atoms with E-state index < -0.39 is 10.0 Å². The first kappa shape index (κ1) is 20.2. The lowest BCUT2D eigenvalue weighted by molar-refractivity contribution is -0.114. The molecule has 0 saturated carbocycles. The van der Waals surface area contributed by atoms with E-state index in [1.54, 1.807) is 17.5 Å². The van der Waals surface area contributed by atoms with Crippen LogP contribution in [0.3, 0.4) is 0 Å². The maximum absolute atomic E-state index is 13.0. The van der Waals surface area contributed by atoms with Gasteiger partial charge in [0, 0.05) is 38.1 Å². The highest BCUT2D eigenvalue weighted by molar-refractivity contribution is 7.89. The second kappa shape index (κ2) is 8.66. The van der Waals surface area contributed by atoms with E-state index in [1.165, 1.54) is 29.4 Å². The Morgan fingerprint density at radius 1 is 1.30 bits per heavy atom. The van der Waals surface area contributed by atoms with Crippen molar-refractivity contribution in [2.24, 2.45) is 0 Å². The lowest BCUT2D eigenvalue weighted by Crippen LogP contribution is -2.35. The van der Waals surface area contributed by atoms with Gasteiger partial charge in [0.05, 0.1) is 22.2 Å². The number of sulfonamides is 1. The number of amides is 1. The summed E-state index contributed by atoms with van der Waals surface area (Å²) in [5, 5.41) is 5.75. The third kappa shape index (κ3) is 5.05. The van der Waals surface area contributed by atoms with Crippen LogP contribution in [0.5, 0.6) is 0 Å². The zero-order chi connectivity index (χ0) is 19.4. The van der Waals surface area contributed by atoms with Crippen molar-refractivity contribution in [2.45, 2.75) is 24.8 Å². The molecule has 146 valence electrons. The number of nitrogens with one attached hydrogen (secondary N) is 1. The van der Waals surface area contributed by atoms with Gasteiger partial charge in [0.15, 0.2) is 0 Å². The largest absolute Gasteiger partial charge is 0.325 e. The van der Waals surface area contributed by atoms with Crippen molar-refractivity contribution in [2.75, 3.05) is 31.5 Å². The van der Waals surface area contributed by atoms with Crippen molar-refractivity contribution < 1.29 is 13.2 Å². The molecule has 1 fully saturated rings. The molecular weight excluding hydrogens is 408 g/mol. The fraction of sp³-hybridized carbons (Fsp3) is 0.412. The average Bonchev–Trinajstić information content (AvgIpc) is 3.00. The summed E-state index contributed by atoms with van der Waals surface area (Å²) in [5.41, 5.74) is 0.397. The first-order valence-electron chi connectivity index (χ1n) is 8.54. The van der Waals surface area contributed by atoms with E-state index >= 15 is 0 Å². The summed E-state index contributed by atoms with van der Waals surface area (Å²) >= 11 is 7.75. The molecule has 1 aliphatic rings. The number of nitrogens with zero attached hydrogens (tertiary/aromatic N) is 3. The number of benzene rings is 1. The lowest BCUT2D eigenvalue weighted by atomic mass is 10.3. The van der Waals surface area contributed by atoms with E-state index in [-0.39, 0.29) is 15.8 Å². The molecular formula is C17H21ClN4O3S2. The predicted octanol–water partition coefficient (Wildman–Crippen LogP) is 2.65. The van der Waals surface area contributed by atoms with Crippen molar-refractivity contribution in [3.63, 3.8) is 0 Å². The highest BCUT2D eigenvalue weighted by Crippen LogP contribution is 2.27. The van der Waals surface area contributed by atoms with Crippen molar-refractivity contribution >= 4 is 44.6 Å². The van der Waals surface area contributed by atoms with Gasteiger partial charge < -0.3 is 5.32 Å². The van der Waals surface area contributed by atoms with Gasteiger partial charge >= 0.3 is 0 Å². The van der Waals surface area contributed by atoms with Gasteiger partial charge in [0.2, 0.25) is 15.9 Å². The molecule has 0 radical (unpaired) electrons. The Labute approximate surface area is 168 Å². The van der Waals surface area contributed by atoms with E-state index in [9.17, 15) is 13.2 Å². The highest BCUT2D eigenvalue weighted by atomic mass is 35.5. The van der Waals surface area contributed by atoms with Crippen LogP contribution in [0, 0.1) is 0 Å². The SMILES string of the molecule is CC(=O)Nc1ccc(S(=O)(=O)N2CCCN(Cc3nccs3)CC2)cc1Cl. The smallest absolute Gasteiger partial charge is 0.243 e. The maximum Gasteiger partial charge on any atom is 0.243 e. The van der Waals surface area contributed by atoms with Crippen LogP contribution in [0.2, 0.25) is 5.02 Å². The molecule has 3 rings (SSSR count). The summed E-state index contributed by atoms with van der Waals surface area (Å²) in [4.78, 5) is 17.8. The van der Waals surface area contributed by atoms with Gasteiger partial charge in [-0.1, -0.05) is 11.6 Å². The van der Waals surface area contributed by atoms with E-state index in [1.807, 2.05) is 5.38 Å². The maximum atomic E-state index is 13.0. The third-order valence-electron chi connectivity index (χ3n) is 4.28. The molecule has 1 aromatic carbocycles. The molecule has 7 nitrogen and oxygen atoms in total. The number of aromatic nitrogens is 1. The Hall–Kier alpha value is -1.52. The second-order valence-corrected chi connectivity index (χ2v) is 9.61. The molecule has 2 aromatic rings. The number of hydrogen-bond acceptors (Lipinski definition) is 6. The molecule has 1 aliphatic heterocycles. The number of halogens is 1. The Morgan fingerprint density at radius 2 is 2.11 bits per heavy atom. The summed E-state index contributed by atoms with van der Waals surface area (Å²) in [6.07, 6.45) is 2.53. The minimum Gasteiger partial charge on any atom is -0.325 e. The number of hydrogen-bond donors (Lipinski definition) is 1. The normalized spacial score (nSPS) is 16.8. The van der Waals surface area contributed by atoms with Gasteiger partial charge in [-0.25, -0.2) is 13.4 Å². The van der Waals surface area contributed by atoms with Crippen LogP contribution in [0.15, 0.2) is 34.7 Å². The van der Waals surface area contributed by atoms with E-state index in [4.69, 9.17) is 11.6 Å². The Kier molecular flexibility index (Phi) is 6.48.